The van der Waals surface area contributed by atoms with Crippen LogP contribution in [0, 0.1) is 17.2 Å². The molecule has 43 heavy (non-hydrogen) atoms. The summed E-state index contributed by atoms with van der Waals surface area (Å²) in [5.74, 6) is 0.659. The predicted molar refractivity (Wildman–Crippen MR) is 166 cm³/mol. The van der Waals surface area contributed by atoms with E-state index in [4.69, 9.17) is 10.5 Å². The van der Waals surface area contributed by atoms with Crippen molar-refractivity contribution >= 4 is 11.4 Å². The van der Waals surface area contributed by atoms with Crippen molar-refractivity contribution in [2.24, 2.45) is 11.7 Å². The lowest BCUT2D eigenvalue weighted by molar-refractivity contribution is -0.130. The molecule has 1 aliphatic carbocycles. The molecular weight excluding hydrogens is 546 g/mol. The molecule has 0 bridgehead atoms. The molecule has 12 heteroatoms. The second kappa shape index (κ2) is 12.0. The zero-order chi connectivity index (χ0) is 30.6. The van der Waals surface area contributed by atoms with Crippen molar-refractivity contribution in [3.8, 4) is 6.07 Å². The van der Waals surface area contributed by atoms with Crippen LogP contribution >= 0.6 is 0 Å². The fourth-order valence-corrected chi connectivity index (χ4v) is 7.72. The number of nitrogens with zero attached hydrogens (tertiary/aromatic N) is 4. The molecule has 5 aliphatic rings. The van der Waals surface area contributed by atoms with Gasteiger partial charge in [-0.1, -0.05) is 6.07 Å². The van der Waals surface area contributed by atoms with Gasteiger partial charge in [0.15, 0.2) is 0 Å². The highest BCUT2D eigenvalue weighted by molar-refractivity contribution is 5.75. The monoisotopic (exact) mass is 597 g/mol. The number of hydrogen-bond acceptors (Lipinski definition) is 12. The van der Waals surface area contributed by atoms with E-state index < -0.39 is 30.0 Å². The molecule has 1 saturated carbocycles. The Bertz CT molecular complexity index is 1190. The molecule has 1 aromatic carbocycles. The van der Waals surface area contributed by atoms with Crippen LogP contribution in [0.15, 0.2) is 18.2 Å². The van der Waals surface area contributed by atoms with Crippen LogP contribution in [-0.2, 0) is 10.2 Å². The molecule has 8 atom stereocenters. The predicted octanol–water partition coefficient (Wildman–Crippen LogP) is 0.702. The summed E-state index contributed by atoms with van der Waals surface area (Å²) in [6.07, 6.45) is 1.46. The number of aliphatic hydroxyl groups excluding tert-OH is 2. The van der Waals surface area contributed by atoms with Gasteiger partial charge in [-0.3, -0.25) is 20.4 Å². The molecule has 12 nitrogen and oxygen atoms in total. The Balaban J connectivity index is 0.994. The summed E-state index contributed by atoms with van der Waals surface area (Å²) < 4.78 is 6.43. The van der Waals surface area contributed by atoms with Crippen LogP contribution in [0.4, 0.5) is 11.4 Å². The van der Waals surface area contributed by atoms with Crippen molar-refractivity contribution < 1.29 is 14.9 Å². The van der Waals surface area contributed by atoms with Gasteiger partial charge in [0.25, 0.3) is 0 Å². The maximum absolute atomic E-state index is 11.1. The van der Waals surface area contributed by atoms with Crippen LogP contribution in [0.2, 0.25) is 0 Å². The summed E-state index contributed by atoms with van der Waals surface area (Å²) in [6, 6.07) is 9.39. The molecule has 6 rings (SSSR count). The van der Waals surface area contributed by atoms with Gasteiger partial charge < -0.3 is 31.3 Å². The second-order valence-electron chi connectivity index (χ2n) is 14.2. The topological polar surface area (TPSA) is 157 Å². The normalized spacial score (nSPS) is 38.0. The summed E-state index contributed by atoms with van der Waals surface area (Å²) >= 11 is 0. The van der Waals surface area contributed by atoms with E-state index in [1.807, 2.05) is 27.0 Å². The number of aliphatic hydroxyl groups is 2. The fourth-order valence-electron chi connectivity index (χ4n) is 7.72. The van der Waals surface area contributed by atoms with E-state index in [-0.39, 0.29) is 24.5 Å². The number of benzene rings is 1. The van der Waals surface area contributed by atoms with Crippen LogP contribution in [0.1, 0.15) is 58.9 Å². The van der Waals surface area contributed by atoms with Crippen molar-refractivity contribution in [3.63, 3.8) is 0 Å². The summed E-state index contributed by atoms with van der Waals surface area (Å²) in [7, 11) is 2.03. The lowest BCUT2D eigenvalue weighted by Crippen LogP contribution is -2.68. The highest BCUT2D eigenvalue weighted by Crippen LogP contribution is 2.40. The molecule has 8 N–H and O–H groups in total. The molecule has 4 fully saturated rings. The first-order valence-corrected chi connectivity index (χ1v) is 16.0. The SMILES string of the molecule is CC(C)N(C[C@H]1O[C@@H](N2CNC3C(N)NCN(C)C32)[C@H](O)[C@@H]1O)[C@H]1C[C@@H](CCC2Nc3ccc(C(C)(C)C#N)cc3N2)C1. The molecule has 0 radical (unpaired) electrons. The van der Waals surface area contributed by atoms with Crippen molar-refractivity contribution in [1.29, 1.82) is 5.26 Å². The Morgan fingerprint density at radius 2 is 1.86 bits per heavy atom. The quantitative estimate of drug-likeness (QED) is 0.214. The van der Waals surface area contributed by atoms with Gasteiger partial charge in [0.05, 0.1) is 60.7 Å². The molecule has 4 aliphatic heterocycles. The Morgan fingerprint density at radius 1 is 1.12 bits per heavy atom. The Hall–Kier alpha value is -2.05. The molecule has 4 heterocycles. The Morgan fingerprint density at radius 3 is 2.58 bits per heavy atom. The smallest absolute Gasteiger partial charge is 0.142 e. The number of nitrogens with two attached hydrogens (primary N) is 1. The highest BCUT2D eigenvalue weighted by atomic mass is 16.6. The average Bonchev–Trinajstić information content (AvgIpc) is 3.65. The average molecular weight is 598 g/mol. The van der Waals surface area contributed by atoms with E-state index in [0.29, 0.717) is 37.9 Å². The first-order chi connectivity index (χ1) is 20.5. The number of ether oxygens (including phenoxy) is 1. The first-order valence-electron chi connectivity index (χ1n) is 16.0. The van der Waals surface area contributed by atoms with Gasteiger partial charge in [0.1, 0.15) is 24.5 Å². The van der Waals surface area contributed by atoms with E-state index in [1.54, 1.807) is 0 Å². The fraction of sp³-hybridized carbons (Fsp3) is 0.774. The maximum Gasteiger partial charge on any atom is 0.142 e. The third-order valence-electron chi connectivity index (χ3n) is 10.5. The van der Waals surface area contributed by atoms with Gasteiger partial charge in [-0.25, -0.2) is 4.90 Å². The molecule has 4 unspecified atom stereocenters. The molecular formula is C31H51N9O3. The third-order valence-corrected chi connectivity index (χ3v) is 10.5. The van der Waals surface area contributed by atoms with Gasteiger partial charge in [0, 0.05) is 18.6 Å². The number of likely N-dealkylation sites (N-methyl/N-ethyl adjacent to an activating group) is 1. The highest BCUT2D eigenvalue weighted by Gasteiger charge is 2.53. The number of anilines is 2. The van der Waals surface area contributed by atoms with Gasteiger partial charge in [0.2, 0.25) is 0 Å². The summed E-state index contributed by atoms with van der Waals surface area (Å²) in [6.45, 7) is 10.1. The number of nitrogens with one attached hydrogen (secondary N) is 4. The molecule has 1 aromatic rings. The maximum atomic E-state index is 11.1. The molecule has 0 amide bonds. The summed E-state index contributed by atoms with van der Waals surface area (Å²) in [5, 5.41) is 45.6. The number of hydrogen-bond donors (Lipinski definition) is 7. The van der Waals surface area contributed by atoms with Crippen LogP contribution in [-0.4, -0.2) is 113 Å². The minimum absolute atomic E-state index is 0.0153. The number of fused-ring (bicyclic) bond motifs is 2. The largest absolute Gasteiger partial charge is 0.387 e. The van der Waals surface area contributed by atoms with Gasteiger partial charge in [-0.2, -0.15) is 5.26 Å². The van der Waals surface area contributed by atoms with E-state index >= 15 is 0 Å². The van der Waals surface area contributed by atoms with Crippen LogP contribution in [0.3, 0.4) is 0 Å². The van der Waals surface area contributed by atoms with E-state index in [9.17, 15) is 15.5 Å². The number of nitriles is 1. The third kappa shape index (κ3) is 5.88. The number of rotatable bonds is 9. The zero-order valence-corrected chi connectivity index (χ0v) is 26.2. The minimum Gasteiger partial charge on any atom is -0.387 e. The van der Waals surface area contributed by atoms with Crippen molar-refractivity contribution in [2.75, 3.05) is 37.6 Å². The second-order valence-corrected chi connectivity index (χ2v) is 14.2. The van der Waals surface area contributed by atoms with Gasteiger partial charge in [-0.05, 0) is 84.0 Å². The van der Waals surface area contributed by atoms with Crippen molar-refractivity contribution in [2.45, 2.75) is 120 Å². The van der Waals surface area contributed by atoms with Gasteiger partial charge in [-0.15, -0.1) is 0 Å². The van der Waals surface area contributed by atoms with Gasteiger partial charge >= 0.3 is 0 Å². The van der Waals surface area contributed by atoms with E-state index in [0.717, 1.165) is 42.6 Å². The van der Waals surface area contributed by atoms with Crippen LogP contribution in [0.5, 0.6) is 0 Å². The van der Waals surface area contributed by atoms with Crippen molar-refractivity contribution in [1.82, 2.24) is 25.3 Å². The first kappa shape index (κ1) is 31.0. The lowest BCUT2D eigenvalue weighted by atomic mass is 9.76. The summed E-state index contributed by atoms with van der Waals surface area (Å²) in [4.78, 5) is 6.73. The molecule has 0 spiro atoms. The molecule has 3 saturated heterocycles. The minimum atomic E-state index is -0.981. The van der Waals surface area contributed by atoms with E-state index in [2.05, 4.69) is 68.0 Å². The summed E-state index contributed by atoms with van der Waals surface area (Å²) in [5.41, 5.74) is 8.99. The van der Waals surface area contributed by atoms with Crippen LogP contribution in [0.25, 0.3) is 0 Å². The Kier molecular flexibility index (Phi) is 8.67. The zero-order valence-electron chi connectivity index (χ0n) is 26.2. The molecule has 238 valence electrons. The van der Waals surface area contributed by atoms with Crippen LogP contribution < -0.4 is 27.0 Å². The standard InChI is InChI=1S/C31H51N9O3/c1-17(2)39(13-23-26(41)27(42)30(43-23)40-16-34-25-28(33)35-15-38(5)29(25)40)20-10-18(11-20)6-9-24-36-21-8-7-19(12-22(21)37-24)31(3,4)14-32/h7-8,12,17-18,20,23-30,34-37,41-42H,6,9-11,13,15-16,33H2,1-5H3/t18-,20+,23-,24?,25?,26-,27-,28?,29?,30-/m1/s1. The van der Waals surface area contributed by atoms with Crippen molar-refractivity contribution in [3.05, 3.63) is 23.8 Å². The van der Waals surface area contributed by atoms with E-state index in [1.165, 1.54) is 0 Å². The lowest BCUT2D eigenvalue weighted by Gasteiger charge is -2.46. The molecule has 0 aromatic heterocycles. The Labute approximate surface area is 255 Å².